The minimum absolute atomic E-state index is 0.0290. The fraction of sp³-hybridized carbons (Fsp3) is 0. The fourth-order valence-electron chi connectivity index (χ4n) is 1.97. The molecule has 2 aromatic rings. The first-order valence-corrected chi connectivity index (χ1v) is 7.35. The molecule has 1 aliphatic rings. The molecule has 0 spiro atoms. The zero-order valence-corrected chi connectivity index (χ0v) is 12.6. The molecular weight excluding hydrogens is 324 g/mol. The number of amides is 1. The van der Waals surface area contributed by atoms with E-state index < -0.39 is 4.92 Å². The van der Waals surface area contributed by atoms with Crippen molar-refractivity contribution < 1.29 is 14.1 Å². The summed E-state index contributed by atoms with van der Waals surface area (Å²) in [5, 5.41) is 13.3. The van der Waals surface area contributed by atoms with Crippen LogP contribution in [0.2, 0.25) is 0 Å². The topological polar surface area (TPSA) is 85.4 Å². The van der Waals surface area contributed by atoms with Crippen LogP contribution in [-0.4, -0.2) is 15.2 Å². The van der Waals surface area contributed by atoms with Gasteiger partial charge in [-0.2, -0.15) is 0 Å². The number of benzene rings is 1. The average Bonchev–Trinajstić information content (AvgIpc) is 3.06. The Kier molecular flexibility index (Phi) is 3.78. The standard InChI is InChI=1S/C14H8N2O4S2/c17-14-15-13(21)12(22-14)7-8-5-6-11(20-8)9-3-1-2-4-10(9)16(18)19/h1-7H,(H,15,17,21). The monoisotopic (exact) mass is 332 g/mol. The van der Waals surface area contributed by atoms with E-state index in [9.17, 15) is 14.9 Å². The first kappa shape index (κ1) is 14.5. The highest BCUT2D eigenvalue weighted by atomic mass is 32.2. The van der Waals surface area contributed by atoms with Gasteiger partial charge in [0.1, 0.15) is 16.5 Å². The maximum absolute atomic E-state index is 11.2. The van der Waals surface area contributed by atoms with Gasteiger partial charge in [0, 0.05) is 6.07 Å². The van der Waals surface area contributed by atoms with Gasteiger partial charge in [-0.15, -0.1) is 0 Å². The molecule has 0 saturated carbocycles. The zero-order valence-electron chi connectivity index (χ0n) is 10.9. The van der Waals surface area contributed by atoms with E-state index in [0.29, 0.717) is 27.0 Å². The molecule has 1 amide bonds. The largest absolute Gasteiger partial charge is 0.456 e. The molecule has 1 aromatic heterocycles. The third-order valence-corrected chi connectivity index (χ3v) is 4.19. The van der Waals surface area contributed by atoms with Gasteiger partial charge >= 0.3 is 0 Å². The molecule has 1 fully saturated rings. The second-order valence-electron chi connectivity index (χ2n) is 4.33. The molecule has 2 heterocycles. The first-order valence-electron chi connectivity index (χ1n) is 6.13. The van der Waals surface area contributed by atoms with Gasteiger partial charge in [-0.1, -0.05) is 24.4 Å². The molecule has 0 radical (unpaired) electrons. The lowest BCUT2D eigenvalue weighted by Gasteiger charge is -1.98. The van der Waals surface area contributed by atoms with Crippen molar-refractivity contribution >= 4 is 46.0 Å². The molecule has 8 heteroatoms. The number of para-hydroxylation sites is 1. The lowest BCUT2D eigenvalue weighted by Crippen LogP contribution is -2.15. The Morgan fingerprint density at radius 2 is 2.05 bits per heavy atom. The number of rotatable bonds is 3. The Labute approximate surface area is 134 Å². The predicted molar refractivity (Wildman–Crippen MR) is 87.5 cm³/mol. The third kappa shape index (κ3) is 2.78. The molecule has 1 N–H and O–H groups in total. The van der Waals surface area contributed by atoms with Gasteiger partial charge in [-0.05, 0) is 36.0 Å². The van der Waals surface area contributed by atoms with Gasteiger partial charge in [-0.25, -0.2) is 0 Å². The second kappa shape index (κ2) is 5.74. The van der Waals surface area contributed by atoms with Crippen LogP contribution in [0.15, 0.2) is 45.7 Å². The SMILES string of the molecule is O=C1NC(=S)C(=Cc2ccc(-c3ccccc3[N+](=O)[O-])o2)S1. The van der Waals surface area contributed by atoms with E-state index in [2.05, 4.69) is 5.32 Å². The third-order valence-electron chi connectivity index (χ3n) is 2.91. The summed E-state index contributed by atoms with van der Waals surface area (Å²) < 4.78 is 5.61. The molecule has 6 nitrogen and oxygen atoms in total. The normalized spacial score (nSPS) is 16.1. The number of hydrogen-bond acceptors (Lipinski definition) is 6. The highest BCUT2D eigenvalue weighted by molar-refractivity contribution is 8.19. The molecule has 1 saturated heterocycles. The van der Waals surface area contributed by atoms with Crippen LogP contribution in [0, 0.1) is 10.1 Å². The van der Waals surface area contributed by atoms with E-state index in [1.807, 2.05) is 0 Å². The minimum Gasteiger partial charge on any atom is -0.456 e. The van der Waals surface area contributed by atoms with Crippen molar-refractivity contribution in [3.05, 3.63) is 57.2 Å². The lowest BCUT2D eigenvalue weighted by atomic mass is 10.1. The van der Waals surface area contributed by atoms with Gasteiger partial charge < -0.3 is 9.73 Å². The highest BCUT2D eigenvalue weighted by Crippen LogP contribution is 2.33. The Balaban J connectivity index is 1.95. The first-order chi connectivity index (χ1) is 10.5. The van der Waals surface area contributed by atoms with E-state index in [1.54, 1.807) is 36.4 Å². The van der Waals surface area contributed by atoms with Crippen LogP contribution in [-0.2, 0) is 0 Å². The van der Waals surface area contributed by atoms with Crippen LogP contribution < -0.4 is 5.32 Å². The Morgan fingerprint density at radius 1 is 1.27 bits per heavy atom. The van der Waals surface area contributed by atoms with E-state index in [-0.39, 0.29) is 10.9 Å². The number of nitro groups is 1. The number of carbonyl (C=O) groups is 1. The van der Waals surface area contributed by atoms with Crippen LogP contribution in [0.3, 0.4) is 0 Å². The van der Waals surface area contributed by atoms with Crippen molar-refractivity contribution in [2.75, 3.05) is 0 Å². The molecular formula is C14H8N2O4S2. The van der Waals surface area contributed by atoms with Gasteiger partial charge in [0.05, 0.1) is 15.4 Å². The summed E-state index contributed by atoms with van der Waals surface area (Å²) in [6.45, 7) is 0. The average molecular weight is 332 g/mol. The number of nitrogens with one attached hydrogen (secondary N) is 1. The summed E-state index contributed by atoms with van der Waals surface area (Å²) in [7, 11) is 0. The maximum atomic E-state index is 11.2. The van der Waals surface area contributed by atoms with Crippen molar-refractivity contribution in [1.29, 1.82) is 0 Å². The molecule has 22 heavy (non-hydrogen) atoms. The van der Waals surface area contributed by atoms with Crippen LogP contribution in [0.1, 0.15) is 5.76 Å². The van der Waals surface area contributed by atoms with Crippen molar-refractivity contribution in [2.45, 2.75) is 0 Å². The van der Waals surface area contributed by atoms with Gasteiger partial charge in [-0.3, -0.25) is 14.9 Å². The molecule has 110 valence electrons. The van der Waals surface area contributed by atoms with Crippen LogP contribution >= 0.6 is 24.0 Å². The molecule has 1 aliphatic heterocycles. The van der Waals surface area contributed by atoms with Crippen molar-refractivity contribution in [2.24, 2.45) is 0 Å². The number of carbonyl (C=O) groups excluding carboxylic acids is 1. The quantitative estimate of drug-likeness (QED) is 0.396. The number of furan rings is 1. The Hall–Kier alpha value is -2.45. The van der Waals surface area contributed by atoms with Gasteiger partial charge in [0.25, 0.3) is 10.9 Å². The zero-order chi connectivity index (χ0) is 15.7. The lowest BCUT2D eigenvalue weighted by molar-refractivity contribution is -0.384. The van der Waals surface area contributed by atoms with Crippen LogP contribution in [0.4, 0.5) is 10.5 Å². The summed E-state index contributed by atoms with van der Waals surface area (Å²) in [6.07, 6.45) is 1.63. The van der Waals surface area contributed by atoms with E-state index in [1.165, 1.54) is 6.07 Å². The second-order valence-corrected chi connectivity index (χ2v) is 5.75. The van der Waals surface area contributed by atoms with E-state index in [0.717, 1.165) is 11.8 Å². The molecule has 0 bridgehead atoms. The number of nitrogens with zero attached hydrogens (tertiary/aromatic N) is 1. The Bertz CT molecular complexity index is 826. The van der Waals surface area contributed by atoms with Gasteiger partial charge in [0.2, 0.25) is 0 Å². The number of hydrogen-bond donors (Lipinski definition) is 1. The van der Waals surface area contributed by atoms with Crippen LogP contribution in [0.5, 0.6) is 0 Å². The summed E-state index contributed by atoms with van der Waals surface area (Å²) in [5.74, 6) is 0.849. The van der Waals surface area contributed by atoms with Crippen molar-refractivity contribution in [1.82, 2.24) is 5.32 Å². The summed E-state index contributed by atoms with van der Waals surface area (Å²) in [6, 6.07) is 9.65. The molecule has 0 aliphatic carbocycles. The summed E-state index contributed by atoms with van der Waals surface area (Å²) in [5.41, 5.74) is 0.367. The van der Waals surface area contributed by atoms with E-state index in [4.69, 9.17) is 16.6 Å². The number of thiocarbonyl (C=S) groups is 1. The molecule has 1 aromatic carbocycles. The molecule has 0 atom stereocenters. The van der Waals surface area contributed by atoms with Crippen LogP contribution in [0.25, 0.3) is 17.4 Å². The smallest absolute Gasteiger partial charge is 0.289 e. The predicted octanol–water partition coefficient (Wildman–Crippen LogP) is 3.98. The highest BCUT2D eigenvalue weighted by Gasteiger charge is 2.22. The van der Waals surface area contributed by atoms with Crippen molar-refractivity contribution in [3.63, 3.8) is 0 Å². The Morgan fingerprint density at radius 3 is 2.73 bits per heavy atom. The summed E-state index contributed by atoms with van der Waals surface area (Å²) >= 11 is 6.00. The number of thioether (sulfide) groups is 1. The number of nitro benzene ring substituents is 1. The minimum atomic E-state index is -0.458. The fourth-order valence-corrected chi connectivity index (χ4v) is 2.98. The molecule has 3 rings (SSSR count). The van der Waals surface area contributed by atoms with Gasteiger partial charge in [0.15, 0.2) is 0 Å². The van der Waals surface area contributed by atoms with E-state index >= 15 is 0 Å². The summed E-state index contributed by atoms with van der Waals surface area (Å²) in [4.78, 5) is 22.7. The van der Waals surface area contributed by atoms with Crippen molar-refractivity contribution in [3.8, 4) is 11.3 Å². The maximum Gasteiger partial charge on any atom is 0.289 e. The molecule has 0 unspecified atom stereocenters.